The molecule has 1 aliphatic rings. The van der Waals surface area contributed by atoms with Gasteiger partial charge >= 0.3 is 12.1 Å². The Hall–Kier alpha value is -3.35. The SMILES string of the molecule is CCCC[C@H](NC(=O)OCC1c2ccccc2-c2ccccc21)C(=O)NCC(C)C(=O)O. The van der Waals surface area contributed by atoms with Crippen LogP contribution in [-0.2, 0) is 14.3 Å². The van der Waals surface area contributed by atoms with Crippen molar-refractivity contribution in [1.29, 1.82) is 0 Å². The van der Waals surface area contributed by atoms with Gasteiger partial charge in [-0.05, 0) is 28.7 Å². The first kappa shape index (κ1) is 23.3. The van der Waals surface area contributed by atoms with Crippen molar-refractivity contribution in [3.05, 3.63) is 59.7 Å². The van der Waals surface area contributed by atoms with Gasteiger partial charge in [0.05, 0.1) is 5.92 Å². The van der Waals surface area contributed by atoms with Crippen LogP contribution in [0.15, 0.2) is 48.5 Å². The minimum atomic E-state index is -0.986. The summed E-state index contributed by atoms with van der Waals surface area (Å²) in [6.07, 6.45) is 1.40. The number of alkyl carbamates (subject to hydrolysis) is 1. The number of aliphatic carboxylic acids is 1. The van der Waals surface area contributed by atoms with Gasteiger partial charge in [0.1, 0.15) is 12.6 Å². The number of carboxylic acid groups (broad SMARTS) is 1. The smallest absolute Gasteiger partial charge is 0.407 e. The van der Waals surface area contributed by atoms with Gasteiger partial charge in [-0.1, -0.05) is 75.2 Å². The molecule has 0 spiro atoms. The normalized spacial score (nSPS) is 14.1. The number of hydrogen-bond acceptors (Lipinski definition) is 4. The van der Waals surface area contributed by atoms with Crippen molar-refractivity contribution in [2.75, 3.05) is 13.2 Å². The Morgan fingerprint density at radius 3 is 2.19 bits per heavy atom. The zero-order valence-corrected chi connectivity index (χ0v) is 18.5. The number of fused-ring (bicyclic) bond motifs is 3. The average Bonchev–Trinajstić information content (AvgIpc) is 3.12. The Morgan fingerprint density at radius 2 is 1.62 bits per heavy atom. The predicted octanol–water partition coefficient (Wildman–Crippen LogP) is 3.92. The number of benzene rings is 2. The van der Waals surface area contributed by atoms with Gasteiger partial charge in [0.25, 0.3) is 0 Å². The van der Waals surface area contributed by atoms with Crippen molar-refractivity contribution in [2.45, 2.75) is 45.1 Å². The van der Waals surface area contributed by atoms with Crippen LogP contribution < -0.4 is 10.6 Å². The molecule has 1 unspecified atom stereocenters. The molecule has 7 heteroatoms. The first-order chi connectivity index (χ1) is 15.4. The third-order valence-electron chi connectivity index (χ3n) is 5.80. The van der Waals surface area contributed by atoms with E-state index in [4.69, 9.17) is 9.84 Å². The minimum Gasteiger partial charge on any atom is -0.481 e. The van der Waals surface area contributed by atoms with Crippen molar-refractivity contribution in [3.8, 4) is 11.1 Å². The molecule has 1 aliphatic carbocycles. The summed E-state index contributed by atoms with van der Waals surface area (Å²) in [7, 11) is 0. The molecular weight excluding hydrogens is 408 g/mol. The quantitative estimate of drug-likeness (QED) is 0.521. The molecule has 0 saturated heterocycles. The van der Waals surface area contributed by atoms with Crippen LogP contribution in [0.25, 0.3) is 11.1 Å². The topological polar surface area (TPSA) is 105 Å². The molecule has 2 aromatic carbocycles. The number of nitrogens with one attached hydrogen (secondary N) is 2. The predicted molar refractivity (Wildman–Crippen MR) is 121 cm³/mol. The third-order valence-corrected chi connectivity index (χ3v) is 5.80. The van der Waals surface area contributed by atoms with Crippen LogP contribution in [0.2, 0.25) is 0 Å². The van der Waals surface area contributed by atoms with E-state index in [2.05, 4.69) is 22.8 Å². The lowest BCUT2D eigenvalue weighted by Gasteiger charge is -2.20. The molecule has 0 saturated carbocycles. The van der Waals surface area contributed by atoms with Crippen LogP contribution in [0.3, 0.4) is 0 Å². The molecule has 0 aromatic heterocycles. The highest BCUT2D eigenvalue weighted by Gasteiger charge is 2.29. The molecule has 0 heterocycles. The number of carboxylic acids is 1. The van der Waals surface area contributed by atoms with Crippen LogP contribution in [-0.4, -0.2) is 42.3 Å². The highest BCUT2D eigenvalue weighted by molar-refractivity contribution is 5.86. The fraction of sp³-hybridized carbons (Fsp3) is 0.400. The third kappa shape index (κ3) is 5.46. The van der Waals surface area contributed by atoms with Crippen molar-refractivity contribution in [2.24, 2.45) is 5.92 Å². The summed E-state index contributed by atoms with van der Waals surface area (Å²) < 4.78 is 5.54. The largest absolute Gasteiger partial charge is 0.481 e. The first-order valence-electron chi connectivity index (χ1n) is 11.0. The fourth-order valence-corrected chi connectivity index (χ4v) is 3.92. The first-order valence-corrected chi connectivity index (χ1v) is 11.0. The molecule has 3 rings (SSSR count). The van der Waals surface area contributed by atoms with E-state index in [1.54, 1.807) is 0 Å². The fourth-order valence-electron chi connectivity index (χ4n) is 3.92. The highest BCUT2D eigenvalue weighted by Crippen LogP contribution is 2.44. The summed E-state index contributed by atoms with van der Waals surface area (Å²) in [6.45, 7) is 3.68. The van der Waals surface area contributed by atoms with Gasteiger partial charge in [0.15, 0.2) is 0 Å². The maximum Gasteiger partial charge on any atom is 0.407 e. The molecule has 0 bridgehead atoms. The van der Waals surface area contributed by atoms with Crippen molar-refractivity contribution in [3.63, 3.8) is 0 Å². The Morgan fingerprint density at radius 1 is 1.03 bits per heavy atom. The zero-order chi connectivity index (χ0) is 23.1. The minimum absolute atomic E-state index is 0.00314. The number of rotatable bonds is 10. The summed E-state index contributed by atoms with van der Waals surface area (Å²) in [5, 5.41) is 14.3. The van der Waals surface area contributed by atoms with Gasteiger partial charge in [0.2, 0.25) is 5.91 Å². The standard InChI is InChI=1S/C25H30N2O5/c1-3-4-13-22(23(28)26-14-16(2)24(29)30)27-25(31)32-15-21-19-11-7-5-9-17(19)18-10-6-8-12-20(18)21/h5-12,16,21-22H,3-4,13-15H2,1-2H3,(H,26,28)(H,27,31)(H,29,30)/t16?,22-/m0/s1. The summed E-state index contributed by atoms with van der Waals surface area (Å²) >= 11 is 0. The van der Waals surface area contributed by atoms with Gasteiger partial charge in [-0.2, -0.15) is 0 Å². The van der Waals surface area contributed by atoms with E-state index in [0.717, 1.165) is 35.1 Å². The summed E-state index contributed by atoms with van der Waals surface area (Å²) in [5.41, 5.74) is 4.52. The monoisotopic (exact) mass is 438 g/mol. The van der Waals surface area contributed by atoms with Gasteiger partial charge in [-0.3, -0.25) is 9.59 Å². The molecule has 32 heavy (non-hydrogen) atoms. The Labute approximate surface area is 188 Å². The summed E-state index contributed by atoms with van der Waals surface area (Å²) in [5.74, 6) is -2.16. The van der Waals surface area contributed by atoms with Crippen LogP contribution in [0, 0.1) is 5.92 Å². The van der Waals surface area contributed by atoms with Gasteiger partial charge < -0.3 is 20.5 Å². The lowest BCUT2D eigenvalue weighted by Crippen LogP contribution is -2.48. The van der Waals surface area contributed by atoms with Gasteiger partial charge in [0, 0.05) is 12.5 Å². The van der Waals surface area contributed by atoms with E-state index >= 15 is 0 Å². The molecule has 0 radical (unpaired) electrons. The Balaban J connectivity index is 1.61. The molecule has 3 N–H and O–H groups in total. The number of amides is 2. The molecule has 2 amide bonds. The number of unbranched alkanes of at least 4 members (excludes halogenated alkanes) is 1. The number of ether oxygens (including phenoxy) is 1. The molecule has 2 aromatic rings. The van der Waals surface area contributed by atoms with E-state index in [0.29, 0.717) is 6.42 Å². The number of hydrogen-bond donors (Lipinski definition) is 3. The number of carbonyl (C=O) groups excluding carboxylic acids is 2. The lowest BCUT2D eigenvalue weighted by molar-refractivity contribution is -0.141. The average molecular weight is 439 g/mol. The van der Waals surface area contributed by atoms with Crippen molar-refractivity contribution in [1.82, 2.24) is 10.6 Å². The second-order valence-corrected chi connectivity index (χ2v) is 8.15. The van der Waals surface area contributed by atoms with Crippen LogP contribution >= 0.6 is 0 Å². The molecule has 170 valence electrons. The van der Waals surface area contributed by atoms with E-state index in [-0.39, 0.29) is 19.1 Å². The van der Waals surface area contributed by atoms with E-state index in [9.17, 15) is 14.4 Å². The van der Waals surface area contributed by atoms with E-state index < -0.39 is 29.9 Å². The summed E-state index contributed by atoms with van der Waals surface area (Å²) in [4.78, 5) is 36.0. The van der Waals surface area contributed by atoms with Crippen LogP contribution in [0.5, 0.6) is 0 Å². The Bertz CT molecular complexity index is 929. The van der Waals surface area contributed by atoms with Crippen molar-refractivity contribution >= 4 is 18.0 Å². The molecule has 7 nitrogen and oxygen atoms in total. The van der Waals surface area contributed by atoms with E-state index in [1.807, 2.05) is 43.3 Å². The lowest BCUT2D eigenvalue weighted by atomic mass is 9.98. The van der Waals surface area contributed by atoms with Gasteiger partial charge in [-0.15, -0.1) is 0 Å². The van der Waals surface area contributed by atoms with Crippen molar-refractivity contribution < 1.29 is 24.2 Å². The maximum atomic E-state index is 12.5. The summed E-state index contributed by atoms with van der Waals surface area (Å²) in [6, 6.07) is 15.4. The second-order valence-electron chi connectivity index (χ2n) is 8.15. The molecule has 2 atom stereocenters. The van der Waals surface area contributed by atoms with Gasteiger partial charge in [-0.25, -0.2) is 4.79 Å². The van der Waals surface area contributed by atoms with E-state index in [1.165, 1.54) is 6.92 Å². The highest BCUT2D eigenvalue weighted by atomic mass is 16.5. The zero-order valence-electron chi connectivity index (χ0n) is 18.5. The van der Waals surface area contributed by atoms with Crippen LogP contribution in [0.1, 0.15) is 50.2 Å². The molecular formula is C25H30N2O5. The molecule has 0 aliphatic heterocycles. The maximum absolute atomic E-state index is 12.5. The Kier molecular flexibility index (Phi) is 7.87. The molecule has 0 fully saturated rings. The number of carbonyl (C=O) groups is 3. The van der Waals surface area contributed by atoms with Crippen LogP contribution in [0.4, 0.5) is 4.79 Å². The second kappa shape index (κ2) is 10.8.